The fraction of sp³-hybridized carbons (Fsp3) is 0.409. The second-order valence-electron chi connectivity index (χ2n) is 6.70. The second-order valence-corrected chi connectivity index (χ2v) is 8.56. The van der Waals surface area contributed by atoms with Crippen LogP contribution in [-0.4, -0.2) is 39.8 Å². The molecule has 1 N–H and O–H groups in total. The summed E-state index contributed by atoms with van der Waals surface area (Å²) in [6.07, 6.45) is 1.43. The Kier molecular flexibility index (Phi) is 8.53. The van der Waals surface area contributed by atoms with Gasteiger partial charge in [-0.1, -0.05) is 19.1 Å². The summed E-state index contributed by atoms with van der Waals surface area (Å²) in [5.41, 5.74) is 1.32. The highest BCUT2D eigenvalue weighted by Gasteiger charge is 2.31. The van der Waals surface area contributed by atoms with Crippen molar-refractivity contribution in [3.05, 3.63) is 54.1 Å². The molecule has 0 unspecified atom stereocenters. The molecule has 0 saturated heterocycles. The fourth-order valence-corrected chi connectivity index (χ4v) is 4.31. The number of rotatable bonds is 11. The van der Waals surface area contributed by atoms with Crippen LogP contribution in [0.5, 0.6) is 11.5 Å². The highest BCUT2D eigenvalue weighted by atomic mass is 32.2. The van der Waals surface area contributed by atoms with Crippen molar-refractivity contribution in [2.75, 3.05) is 23.8 Å². The van der Waals surface area contributed by atoms with E-state index in [1.54, 1.807) is 31.2 Å². The van der Waals surface area contributed by atoms with Crippen molar-refractivity contribution in [1.82, 2.24) is 5.32 Å². The number of carbonyl (C=O) groups is 1. The predicted octanol–water partition coefficient (Wildman–Crippen LogP) is 3.35. The molecule has 0 aromatic heterocycles. The van der Waals surface area contributed by atoms with E-state index >= 15 is 0 Å². The molecule has 0 aliphatic heterocycles. The maximum Gasteiger partial charge on any atom is 0.244 e. The summed E-state index contributed by atoms with van der Waals surface area (Å²) in [6.45, 7) is 6.97. The van der Waals surface area contributed by atoms with Gasteiger partial charge in [0.15, 0.2) is 0 Å². The van der Waals surface area contributed by atoms with Crippen LogP contribution < -0.4 is 19.1 Å². The summed E-state index contributed by atoms with van der Waals surface area (Å²) >= 11 is 0. The van der Waals surface area contributed by atoms with E-state index in [1.165, 1.54) is 0 Å². The minimum absolute atomic E-state index is 0.294. The molecule has 0 aliphatic rings. The van der Waals surface area contributed by atoms with Gasteiger partial charge in [0.1, 0.15) is 17.5 Å². The molecule has 8 heteroatoms. The zero-order valence-corrected chi connectivity index (χ0v) is 18.7. The normalized spacial score (nSPS) is 12.1. The third kappa shape index (κ3) is 6.38. The number of hydrogen-bond donors (Lipinski definition) is 1. The zero-order valence-electron chi connectivity index (χ0n) is 17.9. The number of nitrogens with zero attached hydrogens (tertiary/aromatic N) is 1. The smallest absolute Gasteiger partial charge is 0.244 e. The van der Waals surface area contributed by atoms with Crippen molar-refractivity contribution in [3.63, 3.8) is 0 Å². The second kappa shape index (κ2) is 10.9. The monoisotopic (exact) mass is 434 g/mol. The van der Waals surface area contributed by atoms with Crippen LogP contribution in [-0.2, 0) is 21.4 Å². The summed E-state index contributed by atoms with van der Waals surface area (Å²) < 4.78 is 37.0. The first-order valence-electron chi connectivity index (χ1n) is 10.0. The van der Waals surface area contributed by atoms with Crippen LogP contribution in [0.2, 0.25) is 0 Å². The molecule has 7 nitrogen and oxygen atoms in total. The van der Waals surface area contributed by atoms with Crippen LogP contribution in [0, 0.1) is 0 Å². The first-order chi connectivity index (χ1) is 14.3. The lowest BCUT2D eigenvalue weighted by Crippen LogP contribution is -2.49. The number of hydrogen-bond acceptors (Lipinski definition) is 5. The van der Waals surface area contributed by atoms with E-state index in [-0.39, 0.29) is 5.91 Å². The maximum atomic E-state index is 12.9. The van der Waals surface area contributed by atoms with Gasteiger partial charge in [-0.25, -0.2) is 8.42 Å². The number of nitrogens with one attached hydrogen (secondary N) is 1. The topological polar surface area (TPSA) is 84.9 Å². The van der Waals surface area contributed by atoms with Gasteiger partial charge in [0.2, 0.25) is 15.9 Å². The Hall–Kier alpha value is -2.74. The van der Waals surface area contributed by atoms with Crippen molar-refractivity contribution in [1.29, 1.82) is 0 Å². The van der Waals surface area contributed by atoms with Gasteiger partial charge in [0.25, 0.3) is 0 Å². The van der Waals surface area contributed by atoms with Gasteiger partial charge in [0, 0.05) is 6.54 Å². The fourth-order valence-electron chi connectivity index (χ4n) is 3.09. The number of anilines is 1. The number of ether oxygens (including phenoxy) is 2. The van der Waals surface area contributed by atoms with Gasteiger partial charge < -0.3 is 14.8 Å². The first kappa shape index (κ1) is 23.5. The van der Waals surface area contributed by atoms with Gasteiger partial charge in [-0.15, -0.1) is 0 Å². The van der Waals surface area contributed by atoms with Crippen molar-refractivity contribution < 1.29 is 22.7 Å². The molecule has 0 heterocycles. The third-order valence-corrected chi connectivity index (χ3v) is 5.61. The number of amides is 1. The number of sulfonamides is 1. The van der Waals surface area contributed by atoms with Crippen LogP contribution in [0.3, 0.4) is 0 Å². The lowest BCUT2D eigenvalue weighted by Gasteiger charge is -2.30. The zero-order chi connectivity index (χ0) is 22.1. The SMILES string of the molecule is CCOc1ccc(CNC(=O)[C@@H](CC)N(c2ccc(OCC)cc2)S(C)(=O)=O)cc1. The largest absolute Gasteiger partial charge is 0.494 e. The molecule has 1 amide bonds. The van der Waals surface area contributed by atoms with Crippen molar-refractivity contribution in [3.8, 4) is 11.5 Å². The molecule has 1 atom stereocenters. The average Bonchev–Trinajstić information content (AvgIpc) is 2.71. The van der Waals surface area contributed by atoms with Gasteiger partial charge >= 0.3 is 0 Å². The summed E-state index contributed by atoms with van der Waals surface area (Å²) in [5, 5.41) is 2.84. The first-order valence-corrected chi connectivity index (χ1v) is 11.9. The maximum absolute atomic E-state index is 12.9. The molecular formula is C22H30N2O5S. The van der Waals surface area contributed by atoms with E-state index in [4.69, 9.17) is 9.47 Å². The predicted molar refractivity (Wildman–Crippen MR) is 118 cm³/mol. The highest BCUT2D eigenvalue weighted by molar-refractivity contribution is 7.92. The van der Waals surface area contributed by atoms with Gasteiger partial charge in [-0.2, -0.15) is 0 Å². The number of benzene rings is 2. The molecule has 0 bridgehead atoms. The Morgan fingerprint density at radius 1 is 0.933 bits per heavy atom. The summed E-state index contributed by atoms with van der Waals surface area (Å²) in [7, 11) is -3.68. The Morgan fingerprint density at radius 2 is 1.43 bits per heavy atom. The number of carbonyl (C=O) groups excluding carboxylic acids is 1. The minimum Gasteiger partial charge on any atom is -0.494 e. The molecule has 0 saturated carbocycles. The Morgan fingerprint density at radius 3 is 1.87 bits per heavy atom. The molecule has 2 aromatic carbocycles. The molecule has 0 spiro atoms. The van der Waals surface area contributed by atoms with E-state index in [0.717, 1.165) is 21.9 Å². The highest BCUT2D eigenvalue weighted by Crippen LogP contribution is 2.25. The van der Waals surface area contributed by atoms with E-state index in [9.17, 15) is 13.2 Å². The lowest BCUT2D eigenvalue weighted by atomic mass is 10.1. The van der Waals surface area contributed by atoms with E-state index in [1.807, 2.05) is 38.1 Å². The summed E-state index contributed by atoms with van der Waals surface area (Å²) in [6, 6.07) is 13.2. The van der Waals surface area contributed by atoms with Gasteiger partial charge in [-0.3, -0.25) is 9.10 Å². The van der Waals surface area contributed by atoms with Crippen LogP contribution in [0.25, 0.3) is 0 Å². The standard InChI is InChI=1S/C22H30N2O5S/c1-5-21(22(25)23-16-17-8-12-19(13-9-17)28-6-2)24(30(4,26)27)18-10-14-20(15-11-18)29-7-3/h8-15,21H,5-7,16H2,1-4H3,(H,23,25)/t21-/m1/s1. The third-order valence-electron chi connectivity index (χ3n) is 4.43. The van der Waals surface area contributed by atoms with Crippen LogP contribution in [0.15, 0.2) is 48.5 Å². The molecule has 164 valence electrons. The molecule has 30 heavy (non-hydrogen) atoms. The molecule has 0 aliphatic carbocycles. The van der Waals surface area contributed by atoms with Crippen LogP contribution in [0.1, 0.15) is 32.8 Å². The van der Waals surface area contributed by atoms with Gasteiger partial charge in [0.05, 0.1) is 25.2 Å². The van der Waals surface area contributed by atoms with E-state index in [2.05, 4.69) is 5.32 Å². The Balaban J connectivity index is 2.16. The average molecular weight is 435 g/mol. The van der Waals surface area contributed by atoms with Crippen molar-refractivity contribution in [2.45, 2.75) is 39.8 Å². The van der Waals surface area contributed by atoms with Gasteiger partial charge in [-0.05, 0) is 62.2 Å². The summed E-state index contributed by atoms with van der Waals surface area (Å²) in [4.78, 5) is 12.9. The Bertz CT molecular complexity index is 912. The quantitative estimate of drug-likeness (QED) is 0.586. The molecule has 2 rings (SSSR count). The lowest BCUT2D eigenvalue weighted by molar-refractivity contribution is -0.122. The van der Waals surface area contributed by atoms with Crippen LogP contribution in [0.4, 0.5) is 5.69 Å². The Labute approximate surface area is 179 Å². The van der Waals surface area contributed by atoms with E-state index in [0.29, 0.717) is 37.6 Å². The summed E-state index contributed by atoms with van der Waals surface area (Å²) in [5.74, 6) is 1.05. The molecular weight excluding hydrogens is 404 g/mol. The van der Waals surface area contributed by atoms with Crippen molar-refractivity contribution in [2.24, 2.45) is 0 Å². The molecule has 0 radical (unpaired) electrons. The minimum atomic E-state index is -3.68. The molecule has 0 fully saturated rings. The van der Waals surface area contributed by atoms with Crippen LogP contribution >= 0.6 is 0 Å². The molecule has 2 aromatic rings. The van der Waals surface area contributed by atoms with E-state index < -0.39 is 16.1 Å². The van der Waals surface area contributed by atoms with Crippen molar-refractivity contribution >= 4 is 21.6 Å².